The number of carbonyl (C=O) groups is 2. The Bertz CT molecular complexity index is 329. The molecule has 0 saturated carbocycles. The van der Waals surface area contributed by atoms with Crippen LogP contribution >= 0.6 is 0 Å². The fourth-order valence-electron chi connectivity index (χ4n) is 2.63. The first-order valence-corrected chi connectivity index (χ1v) is 7.03. The molecule has 0 aromatic heterocycles. The first-order chi connectivity index (χ1) is 9.16. The minimum absolute atomic E-state index is 0.0877. The van der Waals surface area contributed by atoms with E-state index in [1.54, 1.807) is 0 Å². The second-order valence-electron chi connectivity index (χ2n) is 5.23. The number of ether oxygens (including phenoxy) is 1. The van der Waals surface area contributed by atoms with Crippen molar-refractivity contribution in [3.63, 3.8) is 0 Å². The molecule has 2 aliphatic rings. The maximum Gasteiger partial charge on any atom is 0.332 e. The second kappa shape index (κ2) is 6.86. The van der Waals surface area contributed by atoms with Crippen LogP contribution in [0.2, 0.25) is 0 Å². The number of nitrogens with zero attached hydrogens (tertiary/aromatic N) is 1. The molecule has 2 heterocycles. The molecule has 2 N–H and O–H groups in total. The molecule has 0 spiro atoms. The van der Waals surface area contributed by atoms with Crippen molar-refractivity contribution in [2.45, 2.75) is 44.3 Å². The van der Waals surface area contributed by atoms with Gasteiger partial charge in [-0.3, -0.25) is 4.79 Å². The Morgan fingerprint density at radius 1 is 1.21 bits per heavy atom. The molecule has 0 aliphatic carbocycles. The maximum absolute atomic E-state index is 11.9. The third-order valence-electron chi connectivity index (χ3n) is 3.74. The van der Waals surface area contributed by atoms with Gasteiger partial charge in [0.05, 0.1) is 12.6 Å². The van der Waals surface area contributed by atoms with Gasteiger partial charge >= 0.3 is 5.97 Å². The zero-order chi connectivity index (χ0) is 13.7. The van der Waals surface area contributed by atoms with Crippen LogP contribution in [0.5, 0.6) is 0 Å². The quantitative estimate of drug-likeness (QED) is 0.747. The largest absolute Gasteiger partial charge is 0.479 e. The van der Waals surface area contributed by atoms with E-state index in [1.165, 1.54) is 6.42 Å². The fraction of sp³-hybridized carbons (Fsp3) is 0.846. The predicted molar refractivity (Wildman–Crippen MR) is 68.8 cm³/mol. The molecule has 2 atom stereocenters. The molecule has 2 aliphatic heterocycles. The van der Waals surface area contributed by atoms with Gasteiger partial charge in [0.1, 0.15) is 0 Å². The average Bonchev–Trinajstić information content (AvgIpc) is 2.89. The zero-order valence-electron chi connectivity index (χ0n) is 11.1. The van der Waals surface area contributed by atoms with E-state index in [1.807, 2.05) is 4.90 Å². The molecule has 0 aromatic carbocycles. The molecule has 19 heavy (non-hydrogen) atoms. The number of carbonyl (C=O) groups excluding carboxylic acids is 1. The lowest BCUT2D eigenvalue weighted by Gasteiger charge is -2.27. The van der Waals surface area contributed by atoms with Gasteiger partial charge in [-0.15, -0.1) is 0 Å². The summed E-state index contributed by atoms with van der Waals surface area (Å²) in [4.78, 5) is 24.5. The van der Waals surface area contributed by atoms with E-state index in [-0.39, 0.29) is 12.0 Å². The van der Waals surface area contributed by atoms with Crippen LogP contribution in [0.25, 0.3) is 0 Å². The van der Waals surface area contributed by atoms with Crippen molar-refractivity contribution in [2.75, 3.05) is 26.2 Å². The molecular weight excluding hydrogens is 248 g/mol. The van der Waals surface area contributed by atoms with Crippen LogP contribution in [0, 0.1) is 0 Å². The highest BCUT2D eigenvalue weighted by Gasteiger charge is 2.30. The van der Waals surface area contributed by atoms with Gasteiger partial charge in [-0.05, 0) is 32.1 Å². The number of piperidine rings is 1. The lowest BCUT2D eigenvalue weighted by atomic mass is 10.1. The third-order valence-corrected chi connectivity index (χ3v) is 3.74. The summed E-state index contributed by atoms with van der Waals surface area (Å²) in [6, 6.07) is 0. The predicted octanol–water partition coefficient (Wildman–Crippen LogP) is 0.221. The first kappa shape index (κ1) is 14.3. The van der Waals surface area contributed by atoms with Crippen LogP contribution in [-0.2, 0) is 14.3 Å². The van der Waals surface area contributed by atoms with Crippen molar-refractivity contribution in [1.82, 2.24) is 10.2 Å². The number of likely N-dealkylation sites (tertiary alicyclic amines) is 1. The summed E-state index contributed by atoms with van der Waals surface area (Å²) in [6.45, 7) is 2.59. The van der Waals surface area contributed by atoms with Gasteiger partial charge in [-0.1, -0.05) is 0 Å². The van der Waals surface area contributed by atoms with Crippen molar-refractivity contribution >= 4 is 11.9 Å². The molecule has 2 fully saturated rings. The molecule has 0 aromatic rings. The number of carboxylic acids is 1. The van der Waals surface area contributed by atoms with Crippen LogP contribution in [-0.4, -0.2) is 60.3 Å². The molecular formula is C13H22N2O4. The Kier molecular flexibility index (Phi) is 5.15. The Balaban J connectivity index is 1.61. The minimum Gasteiger partial charge on any atom is -0.479 e. The summed E-state index contributed by atoms with van der Waals surface area (Å²) in [6.07, 6.45) is 3.93. The molecule has 0 radical (unpaired) electrons. The van der Waals surface area contributed by atoms with Gasteiger partial charge < -0.3 is 20.1 Å². The number of hydrogen-bond donors (Lipinski definition) is 2. The molecule has 108 valence electrons. The standard InChI is InChI=1S/C13H22N2O4/c16-12(15-6-2-1-3-7-15)9-14-8-10-4-5-11(19-10)13(17)18/h10-11,14H,1-9H2,(H,17,18). The van der Waals surface area contributed by atoms with E-state index >= 15 is 0 Å². The number of hydrogen-bond acceptors (Lipinski definition) is 4. The van der Waals surface area contributed by atoms with Crippen LogP contribution in [0.1, 0.15) is 32.1 Å². The summed E-state index contributed by atoms with van der Waals surface area (Å²) < 4.78 is 5.36. The monoisotopic (exact) mass is 270 g/mol. The molecule has 2 saturated heterocycles. The second-order valence-corrected chi connectivity index (χ2v) is 5.23. The van der Waals surface area contributed by atoms with Gasteiger partial charge in [0.25, 0.3) is 0 Å². The van der Waals surface area contributed by atoms with Crippen LogP contribution < -0.4 is 5.32 Å². The molecule has 2 unspecified atom stereocenters. The van der Waals surface area contributed by atoms with Crippen molar-refractivity contribution in [3.8, 4) is 0 Å². The average molecular weight is 270 g/mol. The van der Waals surface area contributed by atoms with Crippen molar-refractivity contribution < 1.29 is 19.4 Å². The van der Waals surface area contributed by atoms with Gasteiger partial charge in [0.15, 0.2) is 6.10 Å². The van der Waals surface area contributed by atoms with Gasteiger partial charge in [0.2, 0.25) is 5.91 Å². The first-order valence-electron chi connectivity index (χ1n) is 7.03. The molecule has 6 heteroatoms. The van der Waals surface area contributed by atoms with Gasteiger partial charge in [0, 0.05) is 19.6 Å². The molecule has 6 nitrogen and oxygen atoms in total. The lowest BCUT2D eigenvalue weighted by molar-refractivity contribution is -0.149. The zero-order valence-corrected chi connectivity index (χ0v) is 11.1. The Morgan fingerprint density at radius 3 is 2.58 bits per heavy atom. The van der Waals surface area contributed by atoms with Crippen molar-refractivity contribution in [3.05, 3.63) is 0 Å². The minimum atomic E-state index is -0.896. The van der Waals surface area contributed by atoms with Gasteiger partial charge in [-0.2, -0.15) is 0 Å². The highest BCUT2D eigenvalue weighted by Crippen LogP contribution is 2.19. The number of rotatable bonds is 5. The van der Waals surface area contributed by atoms with E-state index in [4.69, 9.17) is 9.84 Å². The smallest absolute Gasteiger partial charge is 0.332 e. The number of aliphatic carboxylic acids is 1. The molecule has 0 bridgehead atoms. The van der Waals surface area contributed by atoms with Crippen LogP contribution in [0.4, 0.5) is 0 Å². The summed E-state index contributed by atoms with van der Waals surface area (Å²) in [5.74, 6) is -0.764. The SMILES string of the molecule is O=C(O)C1CCC(CNCC(=O)N2CCCCC2)O1. The number of nitrogens with one attached hydrogen (secondary N) is 1. The number of amides is 1. The van der Waals surface area contributed by atoms with Crippen molar-refractivity contribution in [2.24, 2.45) is 0 Å². The summed E-state index contributed by atoms with van der Waals surface area (Å²) in [5.41, 5.74) is 0. The summed E-state index contributed by atoms with van der Waals surface area (Å²) in [7, 11) is 0. The number of carboxylic acid groups (broad SMARTS) is 1. The highest BCUT2D eigenvalue weighted by molar-refractivity contribution is 5.78. The Morgan fingerprint density at radius 2 is 1.95 bits per heavy atom. The van der Waals surface area contributed by atoms with Crippen LogP contribution in [0.15, 0.2) is 0 Å². The topological polar surface area (TPSA) is 78.9 Å². The van der Waals surface area contributed by atoms with E-state index in [2.05, 4.69) is 5.32 Å². The van der Waals surface area contributed by atoms with E-state index in [0.717, 1.165) is 32.4 Å². The highest BCUT2D eigenvalue weighted by atomic mass is 16.5. The third kappa shape index (κ3) is 4.18. The van der Waals surface area contributed by atoms with Gasteiger partial charge in [-0.25, -0.2) is 4.79 Å². The maximum atomic E-state index is 11.9. The summed E-state index contributed by atoms with van der Waals surface area (Å²) >= 11 is 0. The van der Waals surface area contributed by atoms with E-state index in [0.29, 0.717) is 19.5 Å². The Hall–Kier alpha value is -1.14. The van der Waals surface area contributed by atoms with E-state index < -0.39 is 12.1 Å². The summed E-state index contributed by atoms with van der Waals surface area (Å²) in [5, 5.41) is 11.9. The fourth-order valence-corrected chi connectivity index (χ4v) is 2.63. The lowest BCUT2D eigenvalue weighted by Crippen LogP contribution is -2.42. The molecule has 2 rings (SSSR count). The molecule has 1 amide bonds. The van der Waals surface area contributed by atoms with E-state index in [9.17, 15) is 9.59 Å². The van der Waals surface area contributed by atoms with Crippen molar-refractivity contribution in [1.29, 1.82) is 0 Å². The van der Waals surface area contributed by atoms with Crippen LogP contribution in [0.3, 0.4) is 0 Å². The normalized spacial score (nSPS) is 27.5. The Labute approximate surface area is 113 Å².